The Morgan fingerprint density at radius 2 is 1.33 bits per heavy atom. The standard InChI is InChI=1S/C42H48N6O4/c1-43-35(26-29-14-6-2-7-15-29)39(49)47-38-33(24-25-44-42(52)45-28-30-16-8-3-9-17-30)27-34-22-23-36(48(34)41(38)51)40(50)46-37(31-18-10-4-11-19-31)32-20-12-5-13-21-32/h2-21,33-38,43H,22-28H2,1H3,(H,46,50)(H,47,49)(H2,44,45,52)/t33-,34?,35+,36-,38-/m0/s1. The molecule has 4 aromatic rings. The zero-order valence-electron chi connectivity index (χ0n) is 29.5. The normalized spacial score (nSPS) is 20.1. The number of carbonyl (C=O) groups excluding carboxylic acids is 4. The van der Waals surface area contributed by atoms with Crippen molar-refractivity contribution in [1.29, 1.82) is 0 Å². The molecule has 0 aliphatic carbocycles. The van der Waals surface area contributed by atoms with Crippen LogP contribution in [0.15, 0.2) is 121 Å². The van der Waals surface area contributed by atoms with E-state index in [9.17, 15) is 19.2 Å². The third kappa shape index (κ3) is 9.05. The lowest BCUT2D eigenvalue weighted by molar-refractivity contribution is -0.149. The minimum atomic E-state index is -0.850. The van der Waals surface area contributed by atoms with Crippen LogP contribution in [0.1, 0.15) is 54.0 Å². The first-order chi connectivity index (χ1) is 25.4. The molecule has 52 heavy (non-hydrogen) atoms. The van der Waals surface area contributed by atoms with Crippen LogP contribution in [0.2, 0.25) is 0 Å². The van der Waals surface area contributed by atoms with Crippen LogP contribution in [-0.2, 0) is 27.3 Å². The van der Waals surface area contributed by atoms with E-state index in [0.717, 1.165) is 22.3 Å². The van der Waals surface area contributed by atoms with Gasteiger partial charge >= 0.3 is 6.03 Å². The van der Waals surface area contributed by atoms with E-state index in [2.05, 4.69) is 26.6 Å². The van der Waals surface area contributed by atoms with Gasteiger partial charge in [0, 0.05) is 19.1 Å². The third-order valence-corrected chi connectivity index (χ3v) is 10.3. The van der Waals surface area contributed by atoms with Gasteiger partial charge in [0.15, 0.2) is 0 Å². The maximum absolute atomic E-state index is 14.5. The van der Waals surface area contributed by atoms with Gasteiger partial charge in [-0.2, -0.15) is 0 Å². The number of hydrogen-bond donors (Lipinski definition) is 5. The Balaban J connectivity index is 1.17. The van der Waals surface area contributed by atoms with E-state index in [1.54, 1.807) is 11.9 Å². The second-order valence-electron chi connectivity index (χ2n) is 13.7. The highest BCUT2D eigenvalue weighted by molar-refractivity contribution is 5.94. The number of benzene rings is 4. The van der Waals surface area contributed by atoms with Gasteiger partial charge in [0.2, 0.25) is 17.7 Å². The second kappa shape index (κ2) is 17.6. The molecule has 1 unspecified atom stereocenters. The number of fused-ring (bicyclic) bond motifs is 1. The lowest BCUT2D eigenvalue weighted by atomic mass is 9.83. The van der Waals surface area contributed by atoms with Gasteiger partial charge in [0.1, 0.15) is 12.1 Å². The van der Waals surface area contributed by atoms with Crippen LogP contribution < -0.4 is 26.6 Å². The van der Waals surface area contributed by atoms with Crippen molar-refractivity contribution in [1.82, 2.24) is 31.5 Å². The van der Waals surface area contributed by atoms with Crippen LogP contribution in [0, 0.1) is 5.92 Å². The summed E-state index contributed by atoms with van der Waals surface area (Å²) in [4.78, 5) is 56.8. The van der Waals surface area contributed by atoms with Crippen LogP contribution in [0.25, 0.3) is 0 Å². The van der Waals surface area contributed by atoms with E-state index in [0.29, 0.717) is 45.2 Å². The van der Waals surface area contributed by atoms with Crippen molar-refractivity contribution in [3.05, 3.63) is 144 Å². The predicted octanol–water partition coefficient (Wildman–Crippen LogP) is 4.48. The van der Waals surface area contributed by atoms with Crippen LogP contribution in [0.5, 0.6) is 0 Å². The van der Waals surface area contributed by atoms with Crippen molar-refractivity contribution < 1.29 is 19.2 Å². The summed E-state index contributed by atoms with van der Waals surface area (Å²) in [5.41, 5.74) is 3.89. The number of hydrogen-bond acceptors (Lipinski definition) is 5. The first-order valence-electron chi connectivity index (χ1n) is 18.2. The van der Waals surface area contributed by atoms with E-state index in [1.165, 1.54) is 0 Å². The monoisotopic (exact) mass is 700 g/mol. The van der Waals surface area contributed by atoms with E-state index in [-0.39, 0.29) is 41.8 Å². The minimum Gasteiger partial charge on any atom is -0.343 e. The molecule has 2 aliphatic heterocycles. The molecule has 0 aromatic heterocycles. The van der Waals surface area contributed by atoms with E-state index >= 15 is 0 Å². The van der Waals surface area contributed by atoms with E-state index in [4.69, 9.17) is 0 Å². The molecule has 0 bridgehead atoms. The number of likely N-dealkylation sites (N-methyl/N-ethyl adjacent to an activating group) is 1. The Hall–Kier alpha value is -5.48. The van der Waals surface area contributed by atoms with Gasteiger partial charge in [-0.3, -0.25) is 14.4 Å². The molecule has 6 rings (SSSR count). The van der Waals surface area contributed by atoms with Crippen molar-refractivity contribution in [2.45, 2.75) is 68.9 Å². The van der Waals surface area contributed by atoms with Gasteiger partial charge < -0.3 is 31.5 Å². The van der Waals surface area contributed by atoms with Crippen molar-refractivity contribution in [3.8, 4) is 0 Å². The third-order valence-electron chi connectivity index (χ3n) is 10.3. The Labute approximate surface area is 305 Å². The molecular formula is C42H48N6O4. The first-order valence-corrected chi connectivity index (χ1v) is 18.2. The molecule has 2 saturated heterocycles. The Morgan fingerprint density at radius 3 is 1.92 bits per heavy atom. The predicted molar refractivity (Wildman–Crippen MR) is 201 cm³/mol. The maximum atomic E-state index is 14.5. The second-order valence-corrected chi connectivity index (χ2v) is 13.7. The average Bonchev–Trinajstić information content (AvgIpc) is 3.62. The van der Waals surface area contributed by atoms with Crippen molar-refractivity contribution in [2.24, 2.45) is 5.92 Å². The van der Waals surface area contributed by atoms with Crippen LogP contribution in [0.4, 0.5) is 4.79 Å². The molecule has 10 heteroatoms. The van der Waals surface area contributed by atoms with Crippen molar-refractivity contribution in [3.63, 3.8) is 0 Å². The van der Waals surface area contributed by atoms with Crippen LogP contribution in [-0.4, -0.2) is 66.4 Å². The lowest BCUT2D eigenvalue weighted by Crippen LogP contribution is -2.63. The number of nitrogens with zero attached hydrogens (tertiary/aromatic N) is 1. The topological polar surface area (TPSA) is 132 Å². The summed E-state index contributed by atoms with van der Waals surface area (Å²) in [5.74, 6) is -0.989. The number of nitrogens with one attached hydrogen (secondary N) is 5. The van der Waals surface area contributed by atoms with Gasteiger partial charge in [-0.25, -0.2) is 4.79 Å². The summed E-state index contributed by atoms with van der Waals surface area (Å²) in [7, 11) is 1.73. The quantitative estimate of drug-likeness (QED) is 0.133. The van der Waals surface area contributed by atoms with Gasteiger partial charge in [-0.05, 0) is 67.3 Å². The maximum Gasteiger partial charge on any atom is 0.315 e. The number of urea groups is 1. The molecule has 2 aliphatic rings. The zero-order chi connectivity index (χ0) is 36.3. The fourth-order valence-corrected chi connectivity index (χ4v) is 7.55. The molecule has 270 valence electrons. The summed E-state index contributed by atoms with van der Waals surface area (Å²) in [5, 5.41) is 15.3. The summed E-state index contributed by atoms with van der Waals surface area (Å²) in [6.07, 6.45) is 2.76. The summed E-state index contributed by atoms with van der Waals surface area (Å²) < 4.78 is 0. The van der Waals surface area contributed by atoms with Crippen LogP contribution in [0.3, 0.4) is 0 Å². The largest absolute Gasteiger partial charge is 0.343 e. The summed E-state index contributed by atoms with van der Waals surface area (Å²) in [6, 6.07) is 36.1. The zero-order valence-corrected chi connectivity index (χ0v) is 29.5. The number of carbonyl (C=O) groups is 4. The van der Waals surface area contributed by atoms with Crippen molar-refractivity contribution in [2.75, 3.05) is 13.6 Å². The molecule has 0 saturated carbocycles. The molecule has 2 fully saturated rings. The van der Waals surface area contributed by atoms with E-state index in [1.807, 2.05) is 121 Å². The summed E-state index contributed by atoms with van der Waals surface area (Å²) >= 11 is 0. The SMILES string of the molecule is CN[C@H](Cc1ccccc1)C(=O)N[C@@H]1C(=O)N2C(CC[C@H]2C(=O)NC(c2ccccc2)c2ccccc2)C[C@@H]1CCNC(=O)NCc1ccccc1. The molecule has 5 atom stereocenters. The molecule has 0 spiro atoms. The lowest BCUT2D eigenvalue weighted by Gasteiger charge is -2.43. The molecular weight excluding hydrogens is 652 g/mol. The molecule has 10 nitrogen and oxygen atoms in total. The fourth-order valence-electron chi connectivity index (χ4n) is 7.55. The number of rotatable bonds is 14. The van der Waals surface area contributed by atoms with Gasteiger partial charge in [0.25, 0.3) is 0 Å². The van der Waals surface area contributed by atoms with Crippen molar-refractivity contribution >= 4 is 23.8 Å². The molecule has 0 radical (unpaired) electrons. The Kier molecular flexibility index (Phi) is 12.3. The molecule has 2 heterocycles. The highest BCUT2D eigenvalue weighted by Gasteiger charge is 2.50. The minimum absolute atomic E-state index is 0.148. The Bertz CT molecular complexity index is 1740. The van der Waals surface area contributed by atoms with Crippen LogP contribution >= 0.6 is 0 Å². The Morgan fingerprint density at radius 1 is 0.750 bits per heavy atom. The number of piperidine rings is 1. The first kappa shape index (κ1) is 36.3. The smallest absolute Gasteiger partial charge is 0.315 e. The average molecular weight is 701 g/mol. The highest BCUT2D eigenvalue weighted by atomic mass is 16.2. The summed E-state index contributed by atoms with van der Waals surface area (Å²) in [6.45, 7) is 0.729. The number of amides is 5. The van der Waals surface area contributed by atoms with Gasteiger partial charge in [-0.1, -0.05) is 121 Å². The highest BCUT2D eigenvalue weighted by Crippen LogP contribution is 2.37. The van der Waals surface area contributed by atoms with E-state index < -0.39 is 18.1 Å². The van der Waals surface area contributed by atoms with Gasteiger partial charge in [0.05, 0.1) is 12.1 Å². The van der Waals surface area contributed by atoms with Gasteiger partial charge in [-0.15, -0.1) is 0 Å². The molecule has 5 N–H and O–H groups in total. The fraction of sp³-hybridized carbons (Fsp3) is 0.333. The molecule has 5 amide bonds. The molecule has 4 aromatic carbocycles.